The second-order valence-electron chi connectivity index (χ2n) is 7.88. The summed E-state index contributed by atoms with van der Waals surface area (Å²) in [4.78, 5) is 8.84. The lowest BCUT2D eigenvalue weighted by Crippen LogP contribution is -2.31. The number of benzene rings is 1. The van der Waals surface area contributed by atoms with E-state index in [-0.39, 0.29) is 25.1 Å². The number of aromatic nitrogens is 3. The van der Waals surface area contributed by atoms with Crippen LogP contribution in [-0.2, 0) is 27.5 Å². The number of nitrogens with zero attached hydrogens (tertiary/aromatic N) is 3. The zero-order valence-corrected chi connectivity index (χ0v) is 18.1. The highest BCUT2D eigenvalue weighted by atomic mass is 32.2. The van der Waals surface area contributed by atoms with Crippen LogP contribution in [0.4, 0.5) is 5.82 Å². The van der Waals surface area contributed by atoms with Crippen LogP contribution in [0, 0.1) is 5.92 Å². The summed E-state index contributed by atoms with van der Waals surface area (Å²) < 4.78 is 28.7. The number of aryl methyl sites for hydroxylation is 1. The molecule has 0 radical (unpaired) electrons. The first kappa shape index (κ1) is 21.7. The Morgan fingerprint density at radius 2 is 2.13 bits per heavy atom. The Morgan fingerprint density at radius 3 is 2.90 bits per heavy atom. The van der Waals surface area contributed by atoms with Gasteiger partial charge in [-0.05, 0) is 36.5 Å². The summed E-state index contributed by atoms with van der Waals surface area (Å²) in [6.07, 6.45) is 5.12. The van der Waals surface area contributed by atoms with Crippen molar-refractivity contribution in [1.82, 2.24) is 14.5 Å². The van der Waals surface area contributed by atoms with E-state index in [4.69, 9.17) is 5.14 Å². The molecule has 0 saturated carbocycles. The Bertz CT molecular complexity index is 1160. The van der Waals surface area contributed by atoms with Gasteiger partial charge < -0.3 is 15.0 Å². The average Bonchev–Trinajstić information content (AvgIpc) is 3.33. The Morgan fingerprint density at radius 1 is 1.32 bits per heavy atom. The third-order valence-electron chi connectivity index (χ3n) is 5.90. The van der Waals surface area contributed by atoms with E-state index < -0.39 is 16.4 Å². The monoisotopic (exact) mass is 445 g/mol. The first-order valence-electron chi connectivity index (χ1n) is 10.3. The van der Waals surface area contributed by atoms with Crippen molar-refractivity contribution < 1.29 is 17.7 Å². The van der Waals surface area contributed by atoms with Gasteiger partial charge in [-0.3, -0.25) is 4.18 Å². The van der Waals surface area contributed by atoms with Gasteiger partial charge in [0, 0.05) is 12.1 Å². The largest absolute Gasteiger partial charge is 0.391 e. The molecule has 1 aliphatic rings. The van der Waals surface area contributed by atoms with E-state index in [1.165, 1.54) is 17.5 Å². The van der Waals surface area contributed by atoms with Crippen molar-refractivity contribution in [2.75, 3.05) is 11.9 Å². The summed E-state index contributed by atoms with van der Waals surface area (Å²) in [5.41, 5.74) is 3.35. The van der Waals surface area contributed by atoms with Gasteiger partial charge in [-0.1, -0.05) is 31.2 Å². The Labute approximate surface area is 181 Å². The van der Waals surface area contributed by atoms with E-state index in [2.05, 4.69) is 43.7 Å². The van der Waals surface area contributed by atoms with E-state index in [0.29, 0.717) is 12.1 Å². The van der Waals surface area contributed by atoms with Gasteiger partial charge in [0.05, 0.1) is 30.7 Å². The first-order valence-corrected chi connectivity index (χ1v) is 11.8. The Balaban J connectivity index is 1.51. The highest BCUT2D eigenvalue weighted by Gasteiger charge is 2.24. The molecule has 31 heavy (non-hydrogen) atoms. The fraction of sp³-hybridized carbons (Fsp3) is 0.429. The molecule has 9 nitrogen and oxygen atoms in total. The summed E-state index contributed by atoms with van der Waals surface area (Å²) in [7, 11) is -4.04. The van der Waals surface area contributed by atoms with Crippen LogP contribution < -0.4 is 10.5 Å². The molecule has 4 N–H and O–H groups in total. The third-order valence-corrected chi connectivity index (χ3v) is 6.36. The van der Waals surface area contributed by atoms with Crippen molar-refractivity contribution in [1.29, 1.82) is 0 Å². The molecule has 0 spiro atoms. The maximum Gasteiger partial charge on any atom is 0.333 e. The molecule has 2 heterocycles. The van der Waals surface area contributed by atoms with Crippen molar-refractivity contribution in [3.05, 3.63) is 54.0 Å². The maximum absolute atomic E-state index is 11.1. The van der Waals surface area contributed by atoms with E-state index in [9.17, 15) is 13.5 Å². The number of aliphatic hydroxyl groups excluding tert-OH is 1. The number of rotatable bonds is 9. The van der Waals surface area contributed by atoms with Gasteiger partial charge in [-0.15, -0.1) is 0 Å². The fourth-order valence-electron chi connectivity index (χ4n) is 4.17. The predicted molar refractivity (Wildman–Crippen MR) is 118 cm³/mol. The fourth-order valence-corrected chi connectivity index (χ4v) is 4.54. The van der Waals surface area contributed by atoms with Gasteiger partial charge in [-0.25, -0.2) is 15.1 Å². The molecule has 0 fully saturated rings. The molecule has 2 aromatic heterocycles. The van der Waals surface area contributed by atoms with Crippen molar-refractivity contribution in [3.63, 3.8) is 0 Å². The van der Waals surface area contributed by atoms with Crippen LogP contribution >= 0.6 is 0 Å². The molecule has 3 aromatic rings. The summed E-state index contributed by atoms with van der Waals surface area (Å²) in [6, 6.07) is 10.5. The molecule has 1 aromatic carbocycles. The molecule has 10 heteroatoms. The van der Waals surface area contributed by atoms with Gasteiger partial charge >= 0.3 is 10.3 Å². The van der Waals surface area contributed by atoms with Crippen LogP contribution in [-0.4, -0.2) is 40.8 Å². The van der Waals surface area contributed by atoms with Crippen molar-refractivity contribution in [2.45, 2.75) is 44.9 Å². The number of anilines is 1. The molecular formula is C21H27N5O4S. The molecular weight excluding hydrogens is 418 g/mol. The lowest BCUT2D eigenvalue weighted by molar-refractivity contribution is 0.0616. The van der Waals surface area contributed by atoms with Crippen LogP contribution in [0.3, 0.4) is 0 Å². The highest BCUT2D eigenvalue weighted by Crippen LogP contribution is 2.34. The zero-order valence-electron chi connectivity index (χ0n) is 17.3. The summed E-state index contributed by atoms with van der Waals surface area (Å²) in [6.45, 7) is 1.94. The molecule has 166 valence electrons. The Hall–Kier alpha value is -2.53. The third kappa shape index (κ3) is 4.87. The van der Waals surface area contributed by atoms with Crippen LogP contribution in [0.5, 0.6) is 0 Å². The van der Waals surface area contributed by atoms with Crippen LogP contribution in [0.2, 0.25) is 0 Å². The van der Waals surface area contributed by atoms with Gasteiger partial charge in [0.1, 0.15) is 17.8 Å². The van der Waals surface area contributed by atoms with E-state index in [1.54, 1.807) is 0 Å². The first-order chi connectivity index (χ1) is 14.9. The number of hydrogen-bond acceptors (Lipinski definition) is 7. The predicted octanol–water partition coefficient (Wildman–Crippen LogP) is 2.14. The lowest BCUT2D eigenvalue weighted by Gasteiger charge is -2.21. The zero-order chi connectivity index (χ0) is 22.0. The van der Waals surface area contributed by atoms with Gasteiger partial charge in [-0.2, -0.15) is 8.42 Å². The molecule has 0 bridgehead atoms. The molecule has 0 unspecified atom stereocenters. The standard InChI is InChI=1S/C21H27N5O4S/c1-2-14(12-30-31(22,28)29)19(27)11-26-10-9-17-20(23-13-24-21(17)26)25-18-8-7-15-5-3-4-6-16(15)18/h3-6,9-10,13-14,18-19,27H,2,7-8,11-12H2,1H3,(H2,22,28,29)(H,23,24,25)/t14-,18-,19-/m0/s1. The van der Waals surface area contributed by atoms with Crippen LogP contribution in [0.15, 0.2) is 42.9 Å². The van der Waals surface area contributed by atoms with Crippen molar-refractivity contribution >= 4 is 27.2 Å². The molecule has 4 rings (SSSR count). The van der Waals surface area contributed by atoms with Crippen molar-refractivity contribution in [2.24, 2.45) is 11.1 Å². The lowest BCUT2D eigenvalue weighted by atomic mass is 10.0. The quantitative estimate of drug-likeness (QED) is 0.460. The van der Waals surface area contributed by atoms with E-state index in [0.717, 1.165) is 24.0 Å². The molecule has 0 aliphatic heterocycles. The van der Waals surface area contributed by atoms with E-state index in [1.807, 2.05) is 23.8 Å². The number of fused-ring (bicyclic) bond motifs is 2. The summed E-state index contributed by atoms with van der Waals surface area (Å²) in [5, 5.41) is 20.0. The SMILES string of the molecule is CC[C@@H](COS(N)(=O)=O)[C@@H](O)Cn1ccc2c(N[C@H]3CCc4ccccc43)ncnc21. The maximum atomic E-state index is 11.1. The number of aliphatic hydroxyl groups is 1. The normalized spacial score (nSPS) is 18.1. The van der Waals surface area contributed by atoms with Crippen LogP contribution in [0.1, 0.15) is 36.9 Å². The van der Waals surface area contributed by atoms with Gasteiger partial charge in [0.25, 0.3) is 0 Å². The average molecular weight is 446 g/mol. The van der Waals surface area contributed by atoms with Gasteiger partial charge in [0.15, 0.2) is 0 Å². The second-order valence-corrected chi connectivity index (χ2v) is 9.10. The minimum Gasteiger partial charge on any atom is -0.391 e. The molecule has 0 amide bonds. The van der Waals surface area contributed by atoms with Crippen LogP contribution in [0.25, 0.3) is 11.0 Å². The molecule has 0 saturated heterocycles. The minimum atomic E-state index is -4.04. The smallest absolute Gasteiger partial charge is 0.333 e. The highest BCUT2D eigenvalue weighted by molar-refractivity contribution is 7.84. The van der Waals surface area contributed by atoms with Crippen molar-refractivity contribution in [3.8, 4) is 0 Å². The van der Waals surface area contributed by atoms with E-state index >= 15 is 0 Å². The topological polar surface area (TPSA) is 132 Å². The molecule has 1 aliphatic carbocycles. The second kappa shape index (κ2) is 8.91. The molecule has 3 atom stereocenters. The number of nitrogens with two attached hydrogens (primary N) is 1. The minimum absolute atomic E-state index is 0.168. The number of nitrogens with one attached hydrogen (secondary N) is 1. The Kier molecular flexibility index (Phi) is 6.24. The van der Waals surface area contributed by atoms with Gasteiger partial charge in [0.2, 0.25) is 0 Å². The number of hydrogen-bond donors (Lipinski definition) is 3. The summed E-state index contributed by atoms with van der Waals surface area (Å²) in [5.74, 6) is 0.370. The summed E-state index contributed by atoms with van der Waals surface area (Å²) >= 11 is 0.